The number of imidazole rings is 1. The zero-order valence-electron chi connectivity index (χ0n) is 19.8. The highest BCUT2D eigenvalue weighted by atomic mass is 16.2. The number of rotatable bonds is 4. The first-order valence-electron chi connectivity index (χ1n) is 12.3. The average molecular weight is 465 g/mol. The van der Waals surface area contributed by atoms with E-state index in [1.807, 2.05) is 64.2 Å². The topological polar surface area (TPSA) is 67.2 Å². The van der Waals surface area contributed by atoms with Crippen molar-refractivity contribution in [1.29, 1.82) is 0 Å². The monoisotopic (exact) mass is 464 g/mol. The number of carbonyl (C=O) groups excluding carboxylic acids is 1. The highest BCUT2D eigenvalue weighted by Crippen LogP contribution is 2.34. The minimum absolute atomic E-state index is 0.0443. The summed E-state index contributed by atoms with van der Waals surface area (Å²) in [5, 5.41) is 9.05. The summed E-state index contributed by atoms with van der Waals surface area (Å²) in [6.07, 6.45) is 6.46. The number of hydrogen-bond acceptors (Lipinski definition) is 5. The SMILES string of the molecule is CC1Cc2ccccc2N1C(=O)C1CCCN(c2ccc(-n3ccnc3-c3ccccc3)nn2)C1. The molecule has 0 bridgehead atoms. The molecule has 2 atom stereocenters. The third-order valence-electron chi connectivity index (χ3n) is 7.10. The second kappa shape index (κ2) is 8.98. The van der Waals surface area contributed by atoms with Crippen LogP contribution in [0.15, 0.2) is 79.1 Å². The molecule has 1 saturated heterocycles. The summed E-state index contributed by atoms with van der Waals surface area (Å²) in [6, 6.07) is 22.5. The fraction of sp³-hybridized carbons (Fsp3) is 0.286. The third-order valence-corrected chi connectivity index (χ3v) is 7.10. The Labute approximate surface area is 205 Å². The molecule has 0 N–H and O–H groups in total. The second-order valence-electron chi connectivity index (χ2n) is 9.41. The molecule has 7 heteroatoms. The Morgan fingerprint density at radius 3 is 2.54 bits per heavy atom. The van der Waals surface area contributed by atoms with Gasteiger partial charge in [0.15, 0.2) is 11.6 Å². The Morgan fingerprint density at radius 2 is 1.71 bits per heavy atom. The van der Waals surface area contributed by atoms with Crippen LogP contribution in [-0.2, 0) is 11.2 Å². The van der Waals surface area contributed by atoms with Gasteiger partial charge in [0.2, 0.25) is 5.91 Å². The van der Waals surface area contributed by atoms with Gasteiger partial charge in [-0.2, -0.15) is 0 Å². The zero-order chi connectivity index (χ0) is 23.8. The van der Waals surface area contributed by atoms with E-state index in [4.69, 9.17) is 0 Å². The lowest BCUT2D eigenvalue weighted by atomic mass is 9.96. The molecular weight excluding hydrogens is 436 g/mol. The van der Waals surface area contributed by atoms with Gasteiger partial charge >= 0.3 is 0 Å². The van der Waals surface area contributed by atoms with Crippen molar-refractivity contribution >= 4 is 17.4 Å². The van der Waals surface area contributed by atoms with E-state index in [0.29, 0.717) is 6.54 Å². The summed E-state index contributed by atoms with van der Waals surface area (Å²) in [6.45, 7) is 3.69. The summed E-state index contributed by atoms with van der Waals surface area (Å²) in [7, 11) is 0. The number of aromatic nitrogens is 4. The number of fused-ring (bicyclic) bond motifs is 1. The van der Waals surface area contributed by atoms with Crippen LogP contribution < -0.4 is 9.80 Å². The predicted molar refractivity (Wildman–Crippen MR) is 137 cm³/mol. The molecule has 1 amide bonds. The van der Waals surface area contributed by atoms with Crippen LogP contribution in [0.4, 0.5) is 11.5 Å². The summed E-state index contributed by atoms with van der Waals surface area (Å²) in [5.74, 6) is 2.54. The molecule has 2 aliphatic rings. The molecule has 0 saturated carbocycles. The van der Waals surface area contributed by atoms with E-state index in [1.165, 1.54) is 5.56 Å². The number of carbonyl (C=O) groups is 1. The molecule has 35 heavy (non-hydrogen) atoms. The molecule has 7 nitrogen and oxygen atoms in total. The smallest absolute Gasteiger partial charge is 0.232 e. The molecule has 1 fully saturated rings. The van der Waals surface area contributed by atoms with Gasteiger partial charge in [0.1, 0.15) is 5.82 Å². The van der Waals surface area contributed by atoms with E-state index in [-0.39, 0.29) is 17.9 Å². The molecule has 4 heterocycles. The number of piperidine rings is 1. The summed E-state index contributed by atoms with van der Waals surface area (Å²) in [4.78, 5) is 22.3. The van der Waals surface area contributed by atoms with Crippen molar-refractivity contribution in [3.05, 3.63) is 84.7 Å². The van der Waals surface area contributed by atoms with Gasteiger partial charge in [-0.1, -0.05) is 48.5 Å². The lowest BCUT2D eigenvalue weighted by molar-refractivity contribution is -0.122. The number of para-hydroxylation sites is 1. The third kappa shape index (κ3) is 3.97. The van der Waals surface area contributed by atoms with Crippen LogP contribution in [-0.4, -0.2) is 44.8 Å². The quantitative estimate of drug-likeness (QED) is 0.444. The molecule has 0 radical (unpaired) electrons. The normalized spacial score (nSPS) is 19.6. The van der Waals surface area contributed by atoms with E-state index in [2.05, 4.69) is 45.2 Å². The summed E-state index contributed by atoms with van der Waals surface area (Å²) < 4.78 is 1.95. The molecule has 6 rings (SSSR count). The molecule has 176 valence electrons. The van der Waals surface area contributed by atoms with Gasteiger partial charge in [-0.3, -0.25) is 9.36 Å². The van der Waals surface area contributed by atoms with Crippen molar-refractivity contribution in [2.75, 3.05) is 22.9 Å². The first kappa shape index (κ1) is 21.5. The summed E-state index contributed by atoms with van der Waals surface area (Å²) >= 11 is 0. The maximum absolute atomic E-state index is 13.6. The van der Waals surface area contributed by atoms with E-state index in [0.717, 1.165) is 54.5 Å². The van der Waals surface area contributed by atoms with Crippen LogP contribution in [0, 0.1) is 5.92 Å². The number of benzene rings is 2. The Balaban J connectivity index is 1.20. The average Bonchev–Trinajstić information content (AvgIpc) is 3.53. The van der Waals surface area contributed by atoms with Crippen LogP contribution in [0.3, 0.4) is 0 Å². The van der Waals surface area contributed by atoms with Gasteiger partial charge in [-0.05, 0) is 49.9 Å². The standard InChI is InChI=1S/C28H28N6O/c1-20-18-22-10-5-6-12-24(22)34(20)28(35)23-11-7-16-32(19-23)25-13-14-26(31-30-25)33-17-15-29-27(33)21-8-3-2-4-9-21/h2-6,8-10,12-15,17,20,23H,7,11,16,18-19H2,1H3. The Kier molecular flexibility index (Phi) is 5.52. The van der Waals surface area contributed by atoms with Gasteiger partial charge < -0.3 is 9.80 Å². The minimum atomic E-state index is -0.0443. The van der Waals surface area contributed by atoms with Gasteiger partial charge in [-0.15, -0.1) is 10.2 Å². The second-order valence-corrected chi connectivity index (χ2v) is 9.41. The van der Waals surface area contributed by atoms with Crippen LogP contribution in [0.5, 0.6) is 0 Å². The van der Waals surface area contributed by atoms with E-state index >= 15 is 0 Å². The Bertz CT molecular complexity index is 1330. The molecule has 2 unspecified atom stereocenters. The molecule has 0 spiro atoms. The lowest BCUT2D eigenvalue weighted by Crippen LogP contribution is -2.47. The number of hydrogen-bond donors (Lipinski definition) is 0. The van der Waals surface area contributed by atoms with Crippen LogP contribution in [0.25, 0.3) is 17.2 Å². The molecule has 2 aliphatic heterocycles. The number of amides is 1. The molecular formula is C28H28N6O. The van der Waals surface area contributed by atoms with E-state index < -0.39 is 0 Å². The lowest BCUT2D eigenvalue weighted by Gasteiger charge is -2.35. The van der Waals surface area contributed by atoms with E-state index in [1.54, 1.807) is 6.20 Å². The van der Waals surface area contributed by atoms with Gasteiger partial charge in [0.25, 0.3) is 0 Å². The fourth-order valence-corrected chi connectivity index (χ4v) is 5.39. The number of nitrogens with zero attached hydrogens (tertiary/aromatic N) is 6. The first-order chi connectivity index (χ1) is 17.2. The highest BCUT2D eigenvalue weighted by molar-refractivity contribution is 5.98. The maximum atomic E-state index is 13.6. The van der Waals surface area contributed by atoms with Gasteiger partial charge in [0.05, 0.1) is 5.92 Å². The molecule has 4 aromatic rings. The predicted octanol–water partition coefficient (Wildman–Crippen LogP) is 4.52. The summed E-state index contributed by atoms with van der Waals surface area (Å²) in [5.41, 5.74) is 3.36. The van der Waals surface area contributed by atoms with Crippen LogP contribution in [0.1, 0.15) is 25.3 Å². The molecule has 2 aromatic carbocycles. The van der Waals surface area contributed by atoms with Crippen molar-refractivity contribution in [3.63, 3.8) is 0 Å². The Morgan fingerprint density at radius 1 is 0.943 bits per heavy atom. The Hall–Kier alpha value is -4.00. The molecule has 0 aliphatic carbocycles. The largest absolute Gasteiger partial charge is 0.354 e. The van der Waals surface area contributed by atoms with Crippen molar-refractivity contribution in [2.45, 2.75) is 32.2 Å². The zero-order valence-corrected chi connectivity index (χ0v) is 19.8. The molecule has 2 aromatic heterocycles. The van der Waals surface area contributed by atoms with Crippen molar-refractivity contribution in [2.24, 2.45) is 5.92 Å². The van der Waals surface area contributed by atoms with Crippen molar-refractivity contribution in [3.8, 4) is 17.2 Å². The minimum Gasteiger partial charge on any atom is -0.354 e. The fourth-order valence-electron chi connectivity index (χ4n) is 5.39. The highest BCUT2D eigenvalue weighted by Gasteiger charge is 2.36. The van der Waals surface area contributed by atoms with Crippen molar-refractivity contribution < 1.29 is 4.79 Å². The first-order valence-corrected chi connectivity index (χ1v) is 12.3. The van der Waals surface area contributed by atoms with Crippen LogP contribution >= 0.6 is 0 Å². The number of anilines is 2. The van der Waals surface area contributed by atoms with Crippen LogP contribution in [0.2, 0.25) is 0 Å². The van der Waals surface area contributed by atoms with Crippen molar-refractivity contribution in [1.82, 2.24) is 19.7 Å². The van der Waals surface area contributed by atoms with Gasteiger partial charge in [-0.25, -0.2) is 4.98 Å². The van der Waals surface area contributed by atoms with Gasteiger partial charge in [0, 0.05) is 42.8 Å². The maximum Gasteiger partial charge on any atom is 0.232 e. The van der Waals surface area contributed by atoms with E-state index in [9.17, 15) is 4.79 Å².